The number of H-pyrrole nitrogens is 4. The molecular formula is C57H60N14O2. The largest absolute Gasteiger partial charge is 0.393 e. The maximum absolute atomic E-state index is 12.1. The SMILES string of the molecule is CN(C)Cc1cncc(-c2cc(C3CC(c4cncc5[nH]c(-c6n[nH]c7ccc(-c8cncc(CN9CCCCC9)c8)cc67)nc45)CCC3O)c3n[nH]c(-c4nc5c(C6CCC(O)CC6)cncc5[nH]4)c3c2)c1. The van der Waals surface area contributed by atoms with E-state index in [4.69, 9.17) is 30.1 Å². The summed E-state index contributed by atoms with van der Waals surface area (Å²) < 4.78 is 0. The van der Waals surface area contributed by atoms with E-state index in [1.54, 1.807) is 0 Å². The number of nitrogens with zero attached hydrogens (tertiary/aromatic N) is 10. The van der Waals surface area contributed by atoms with Crippen LogP contribution in [0.5, 0.6) is 0 Å². The van der Waals surface area contributed by atoms with Gasteiger partial charge in [0.15, 0.2) is 11.6 Å². The molecule has 2 aliphatic carbocycles. The van der Waals surface area contributed by atoms with Crippen LogP contribution in [0.3, 0.4) is 0 Å². The van der Waals surface area contributed by atoms with E-state index in [-0.39, 0.29) is 23.9 Å². The Morgan fingerprint density at radius 1 is 0.575 bits per heavy atom. The van der Waals surface area contributed by atoms with Gasteiger partial charge in [-0.25, -0.2) is 9.97 Å². The highest BCUT2D eigenvalue weighted by Crippen LogP contribution is 2.47. The zero-order valence-electron chi connectivity index (χ0n) is 41.3. The van der Waals surface area contributed by atoms with E-state index in [0.29, 0.717) is 24.5 Å². The molecule has 0 spiro atoms. The summed E-state index contributed by atoms with van der Waals surface area (Å²) in [4.78, 5) is 41.1. The van der Waals surface area contributed by atoms with E-state index in [9.17, 15) is 10.2 Å². The van der Waals surface area contributed by atoms with Crippen molar-refractivity contribution in [3.8, 4) is 45.3 Å². The Morgan fingerprint density at radius 2 is 1.25 bits per heavy atom. The number of fused-ring (bicyclic) bond motifs is 4. The summed E-state index contributed by atoms with van der Waals surface area (Å²) in [5.74, 6) is 1.43. The van der Waals surface area contributed by atoms with Crippen LogP contribution in [0.25, 0.3) is 89.2 Å². The van der Waals surface area contributed by atoms with Crippen LogP contribution in [-0.4, -0.2) is 120 Å². The maximum Gasteiger partial charge on any atom is 0.159 e. The second kappa shape index (κ2) is 19.0. The van der Waals surface area contributed by atoms with Crippen LogP contribution < -0.4 is 0 Å². The first kappa shape index (κ1) is 45.6. The molecule has 0 amide bonds. The summed E-state index contributed by atoms with van der Waals surface area (Å²) >= 11 is 0. The van der Waals surface area contributed by atoms with Crippen molar-refractivity contribution in [3.63, 3.8) is 0 Å². The third kappa shape index (κ3) is 8.75. The molecule has 13 rings (SSSR count). The molecule has 1 aliphatic heterocycles. The highest BCUT2D eigenvalue weighted by atomic mass is 16.3. The van der Waals surface area contributed by atoms with Gasteiger partial charge in [0.05, 0.1) is 57.7 Å². The van der Waals surface area contributed by atoms with Crippen LogP contribution in [0, 0.1) is 0 Å². The molecule has 9 heterocycles. The third-order valence-electron chi connectivity index (χ3n) is 16.0. The lowest BCUT2D eigenvalue weighted by molar-refractivity contribution is 0.0987. The van der Waals surface area contributed by atoms with Gasteiger partial charge in [0.1, 0.15) is 11.4 Å². The van der Waals surface area contributed by atoms with Crippen molar-refractivity contribution < 1.29 is 10.2 Å². The topological polar surface area (TPSA) is 213 Å². The van der Waals surface area contributed by atoms with Gasteiger partial charge in [0.25, 0.3) is 0 Å². The first-order valence-corrected chi connectivity index (χ1v) is 26.1. The number of aliphatic hydroxyl groups is 2. The number of imidazole rings is 2. The summed E-state index contributed by atoms with van der Waals surface area (Å²) in [6.07, 6.45) is 23.7. The number of aliphatic hydroxyl groups excluding tert-OH is 2. The van der Waals surface area contributed by atoms with E-state index in [0.717, 1.165) is 158 Å². The lowest BCUT2D eigenvalue weighted by Gasteiger charge is -2.34. The predicted octanol–water partition coefficient (Wildman–Crippen LogP) is 9.92. The Morgan fingerprint density at radius 3 is 2.03 bits per heavy atom. The summed E-state index contributed by atoms with van der Waals surface area (Å²) in [6, 6.07) is 15.3. The minimum Gasteiger partial charge on any atom is -0.393 e. The highest BCUT2D eigenvalue weighted by molar-refractivity contribution is 5.99. The number of nitrogens with one attached hydrogen (secondary N) is 4. The summed E-state index contributed by atoms with van der Waals surface area (Å²) in [6.45, 7) is 3.95. The number of aromatic nitrogens is 12. The van der Waals surface area contributed by atoms with Crippen molar-refractivity contribution in [1.29, 1.82) is 0 Å². The van der Waals surface area contributed by atoms with Crippen molar-refractivity contribution in [2.45, 2.75) is 107 Å². The van der Waals surface area contributed by atoms with Gasteiger partial charge in [-0.3, -0.25) is 35.0 Å². The van der Waals surface area contributed by atoms with Crippen LogP contribution in [-0.2, 0) is 13.1 Å². The first-order valence-electron chi connectivity index (χ1n) is 26.1. The molecule has 16 heteroatoms. The quantitative estimate of drug-likeness (QED) is 0.0715. The zero-order valence-corrected chi connectivity index (χ0v) is 41.3. The number of benzene rings is 2. The number of rotatable bonds is 11. The summed E-state index contributed by atoms with van der Waals surface area (Å²) in [7, 11) is 4.12. The van der Waals surface area contributed by atoms with E-state index in [1.807, 2.05) is 49.6 Å². The standard InChI is InChI=1S/C57H60N14O2/c1-70(2)30-32-16-39(25-58-22-32)37-20-42(51-44(21-37)55(69-67-51)57-63-48-28-60-26-45(52(48)64-57)34-6-10-40(72)11-7-34)41-19-36(9-13-50(41)73)46-27-61-29-49-53(46)65-56(62-49)54-43-18-35(8-12-47(43)66-68-54)38-17-33(23-59-24-38)31-71-14-4-3-5-15-71/h8,12,16-18,20-29,34,36,40-41,50,72-73H,3-7,9-11,13-15,19,30-31H2,1-2H3,(H,62,65)(H,63,64)(H,66,68)(H,67,69). The lowest BCUT2D eigenvalue weighted by atomic mass is 9.73. The van der Waals surface area contributed by atoms with Crippen molar-refractivity contribution in [1.82, 2.24) is 70.1 Å². The lowest BCUT2D eigenvalue weighted by Crippen LogP contribution is -2.29. The maximum atomic E-state index is 12.1. The Hall–Kier alpha value is -7.24. The molecule has 10 aromatic rings. The van der Waals surface area contributed by atoms with Gasteiger partial charge in [-0.15, -0.1) is 0 Å². The molecule has 6 N–H and O–H groups in total. The highest BCUT2D eigenvalue weighted by Gasteiger charge is 2.35. The zero-order chi connectivity index (χ0) is 49.2. The van der Waals surface area contributed by atoms with Crippen molar-refractivity contribution in [2.24, 2.45) is 0 Å². The molecule has 0 radical (unpaired) electrons. The Labute approximate surface area is 422 Å². The van der Waals surface area contributed by atoms with E-state index < -0.39 is 6.10 Å². The monoisotopic (exact) mass is 973 g/mol. The van der Waals surface area contributed by atoms with Crippen LogP contribution in [0.1, 0.15) is 110 Å². The van der Waals surface area contributed by atoms with Crippen LogP contribution in [0.15, 0.2) is 92.0 Å². The molecule has 8 aromatic heterocycles. The van der Waals surface area contributed by atoms with E-state index in [2.05, 4.69) is 96.5 Å². The van der Waals surface area contributed by atoms with Gasteiger partial charge in [-0.05, 0) is 161 Å². The Balaban J connectivity index is 0.850. The minimum absolute atomic E-state index is 0.0531. The van der Waals surface area contributed by atoms with Gasteiger partial charge in [0, 0.05) is 89.2 Å². The molecular weight excluding hydrogens is 913 g/mol. The van der Waals surface area contributed by atoms with Gasteiger partial charge in [0.2, 0.25) is 0 Å². The smallest absolute Gasteiger partial charge is 0.159 e. The Kier molecular flexibility index (Phi) is 11.9. The molecule has 3 atom stereocenters. The van der Waals surface area contributed by atoms with Gasteiger partial charge in [-0.2, -0.15) is 10.2 Å². The molecule has 2 aromatic carbocycles. The fourth-order valence-electron chi connectivity index (χ4n) is 12.2. The number of hydrogen-bond donors (Lipinski definition) is 6. The van der Waals surface area contributed by atoms with Gasteiger partial charge in [-0.1, -0.05) is 12.5 Å². The van der Waals surface area contributed by atoms with Crippen molar-refractivity contribution in [2.75, 3.05) is 27.2 Å². The molecule has 73 heavy (non-hydrogen) atoms. The van der Waals surface area contributed by atoms with Crippen molar-refractivity contribution >= 4 is 43.9 Å². The Bertz CT molecular complexity index is 3630. The first-order chi connectivity index (χ1) is 35.8. The van der Waals surface area contributed by atoms with E-state index in [1.165, 1.54) is 24.8 Å². The molecule has 3 fully saturated rings. The molecule has 0 bridgehead atoms. The summed E-state index contributed by atoms with van der Waals surface area (Å²) in [5, 5.41) is 40.8. The third-order valence-corrected chi connectivity index (χ3v) is 16.0. The van der Waals surface area contributed by atoms with Gasteiger partial charge >= 0.3 is 0 Å². The second-order valence-corrected chi connectivity index (χ2v) is 21.2. The number of piperidine rings is 1. The van der Waals surface area contributed by atoms with Crippen LogP contribution in [0.2, 0.25) is 0 Å². The second-order valence-electron chi connectivity index (χ2n) is 21.2. The molecule has 16 nitrogen and oxygen atoms in total. The van der Waals surface area contributed by atoms with E-state index >= 15 is 0 Å². The number of pyridine rings is 4. The minimum atomic E-state index is -0.603. The average molecular weight is 973 g/mol. The number of hydrogen-bond acceptors (Lipinski definition) is 12. The van der Waals surface area contributed by atoms with Crippen LogP contribution in [0.4, 0.5) is 0 Å². The molecule has 1 saturated heterocycles. The van der Waals surface area contributed by atoms with Crippen LogP contribution >= 0.6 is 0 Å². The normalized spacial score (nSPS) is 21.1. The molecule has 3 aliphatic rings. The fraction of sp³-hybridized carbons (Fsp3) is 0.368. The molecule has 370 valence electrons. The fourth-order valence-corrected chi connectivity index (χ4v) is 12.2. The molecule has 3 unspecified atom stereocenters. The number of aromatic amines is 4. The number of likely N-dealkylation sites (tertiary alicyclic amines) is 1. The molecule has 2 saturated carbocycles. The predicted molar refractivity (Wildman–Crippen MR) is 283 cm³/mol. The summed E-state index contributed by atoms with van der Waals surface area (Å²) in [5.41, 5.74) is 16.3. The van der Waals surface area contributed by atoms with Gasteiger partial charge < -0.3 is 25.1 Å². The average Bonchev–Trinajstić information content (AvgIpc) is 4.24. The van der Waals surface area contributed by atoms with Crippen molar-refractivity contribution in [3.05, 3.63) is 120 Å².